The molecule has 0 aromatic heterocycles. The monoisotopic (exact) mass is 647 g/mol. The normalized spacial score (nSPS) is 18.7. The molecule has 0 saturated carbocycles. The third-order valence-electron chi connectivity index (χ3n) is 8.29. The largest absolute Gasteiger partial charge is 0.333 e. The van der Waals surface area contributed by atoms with Gasteiger partial charge < -0.3 is 10.2 Å². The Kier molecular flexibility index (Phi) is 8.71. The molecular weight excluding hydrogens is 617 g/mol. The molecule has 12 heteroatoms. The third-order valence-corrected chi connectivity index (χ3v) is 11.1. The highest BCUT2D eigenvalue weighted by Crippen LogP contribution is 2.45. The predicted molar refractivity (Wildman–Crippen MR) is 169 cm³/mol. The van der Waals surface area contributed by atoms with Gasteiger partial charge >= 0.3 is 6.03 Å². The molecule has 3 heterocycles. The number of carbonyl (C=O) groups is 1. The van der Waals surface area contributed by atoms with Gasteiger partial charge in [0.2, 0.25) is 10.0 Å². The topological polar surface area (TPSA) is 76.2 Å². The molecule has 1 N–H and O–H groups in total. The van der Waals surface area contributed by atoms with Gasteiger partial charge in [0.25, 0.3) is 0 Å². The van der Waals surface area contributed by atoms with Gasteiger partial charge in [0.15, 0.2) is 0 Å². The number of nitrogens with zero attached hydrogens (tertiary/aromatic N) is 4. The van der Waals surface area contributed by atoms with Crippen molar-refractivity contribution in [2.45, 2.75) is 24.3 Å². The number of hydrogen-bond acceptors (Lipinski definition) is 5. The maximum Gasteiger partial charge on any atom is 0.326 e. The number of likely N-dealkylation sites (tertiary alicyclic amines) is 1. The first-order valence-corrected chi connectivity index (χ1v) is 16.7. The first-order chi connectivity index (χ1) is 20.2. The average molecular weight is 649 g/mol. The minimum Gasteiger partial charge on any atom is -0.333 e. The molecule has 8 nitrogen and oxygen atoms in total. The fourth-order valence-corrected chi connectivity index (χ4v) is 8.27. The number of amides is 2. The molecule has 42 heavy (non-hydrogen) atoms. The van der Waals surface area contributed by atoms with Crippen molar-refractivity contribution in [2.75, 3.05) is 57.3 Å². The minimum atomic E-state index is -3.91. The van der Waals surface area contributed by atoms with Crippen molar-refractivity contribution < 1.29 is 13.2 Å². The van der Waals surface area contributed by atoms with Crippen molar-refractivity contribution >= 4 is 62.2 Å². The van der Waals surface area contributed by atoms with E-state index in [4.69, 9.17) is 34.8 Å². The zero-order chi connectivity index (χ0) is 29.4. The fourth-order valence-electron chi connectivity index (χ4n) is 5.99. The molecule has 6 rings (SSSR count). The molecule has 2 fully saturated rings. The molecular formula is C30H32Cl3N5O3S. The molecule has 0 aliphatic carbocycles. The van der Waals surface area contributed by atoms with Crippen LogP contribution in [0.1, 0.15) is 18.4 Å². The number of nitrogens with one attached hydrogen (secondary N) is 1. The summed E-state index contributed by atoms with van der Waals surface area (Å²) in [6.45, 7) is 6.54. The number of para-hydroxylation sites is 1. The molecule has 0 bridgehead atoms. The number of rotatable bonds is 7. The molecule has 3 aromatic rings. The summed E-state index contributed by atoms with van der Waals surface area (Å²) in [4.78, 5) is 19.6. The van der Waals surface area contributed by atoms with Crippen LogP contribution in [0.4, 0.5) is 16.2 Å². The SMILES string of the molecule is O=C1NCc2c(-c3ccccc3Cl)cc(S(=O)(=O)N3CCN(CCN4CCCC4)CC3)cc2N1c1c(Cl)cccc1Cl. The molecule has 0 radical (unpaired) electrons. The number of carbonyl (C=O) groups excluding carboxylic acids is 1. The van der Waals surface area contributed by atoms with E-state index >= 15 is 0 Å². The number of urea groups is 1. The quantitative estimate of drug-likeness (QED) is 0.336. The number of hydrogen-bond donors (Lipinski definition) is 1. The lowest BCUT2D eigenvalue weighted by atomic mass is 9.96. The molecule has 2 amide bonds. The number of sulfonamides is 1. The Morgan fingerprint density at radius 3 is 2.02 bits per heavy atom. The second-order valence-electron chi connectivity index (χ2n) is 10.8. The van der Waals surface area contributed by atoms with Crippen LogP contribution < -0.4 is 10.2 Å². The molecule has 3 aliphatic heterocycles. The Labute approximate surface area is 261 Å². The summed E-state index contributed by atoms with van der Waals surface area (Å²) < 4.78 is 29.9. The van der Waals surface area contributed by atoms with Gasteiger partial charge in [-0.2, -0.15) is 4.31 Å². The molecule has 2 saturated heterocycles. The minimum absolute atomic E-state index is 0.0876. The smallest absolute Gasteiger partial charge is 0.326 e. The van der Waals surface area contributed by atoms with Crippen LogP contribution in [-0.2, 0) is 16.6 Å². The van der Waals surface area contributed by atoms with Crippen LogP contribution in [-0.4, -0.2) is 80.9 Å². The number of benzene rings is 3. The Morgan fingerprint density at radius 2 is 1.36 bits per heavy atom. The Hall–Kier alpha value is -2.37. The van der Waals surface area contributed by atoms with Crippen molar-refractivity contribution in [2.24, 2.45) is 0 Å². The number of piperazine rings is 1. The molecule has 222 valence electrons. The van der Waals surface area contributed by atoms with Crippen molar-refractivity contribution in [1.29, 1.82) is 0 Å². The molecule has 0 atom stereocenters. The number of anilines is 2. The summed E-state index contributed by atoms with van der Waals surface area (Å²) in [6.07, 6.45) is 2.51. The van der Waals surface area contributed by atoms with Crippen LogP contribution in [0.25, 0.3) is 11.1 Å². The van der Waals surface area contributed by atoms with Gasteiger partial charge in [0.05, 0.1) is 26.3 Å². The highest BCUT2D eigenvalue weighted by molar-refractivity contribution is 7.89. The number of fused-ring (bicyclic) bond motifs is 1. The average Bonchev–Trinajstić information content (AvgIpc) is 3.51. The van der Waals surface area contributed by atoms with E-state index in [1.54, 1.807) is 36.4 Å². The lowest BCUT2D eigenvalue weighted by Crippen LogP contribution is -2.50. The van der Waals surface area contributed by atoms with Crippen LogP contribution in [0.5, 0.6) is 0 Å². The van der Waals surface area contributed by atoms with Crippen molar-refractivity contribution in [3.8, 4) is 11.1 Å². The number of halogens is 3. The van der Waals surface area contributed by atoms with Crippen LogP contribution in [0, 0.1) is 0 Å². The summed E-state index contributed by atoms with van der Waals surface area (Å²) >= 11 is 19.7. The van der Waals surface area contributed by atoms with Gasteiger partial charge in [-0.3, -0.25) is 9.80 Å². The summed E-state index contributed by atoms with van der Waals surface area (Å²) in [5, 5.41) is 3.89. The first-order valence-electron chi connectivity index (χ1n) is 14.1. The second-order valence-corrected chi connectivity index (χ2v) is 14.0. The zero-order valence-electron chi connectivity index (χ0n) is 23.0. The Bertz CT molecular complexity index is 1590. The fraction of sp³-hybridized carbons (Fsp3) is 0.367. The van der Waals surface area contributed by atoms with Crippen molar-refractivity contribution in [3.63, 3.8) is 0 Å². The van der Waals surface area contributed by atoms with Gasteiger partial charge in [0.1, 0.15) is 0 Å². The van der Waals surface area contributed by atoms with E-state index < -0.39 is 16.1 Å². The van der Waals surface area contributed by atoms with E-state index in [1.165, 1.54) is 22.0 Å². The predicted octanol–water partition coefficient (Wildman–Crippen LogP) is 6.08. The van der Waals surface area contributed by atoms with Crippen LogP contribution in [0.2, 0.25) is 15.1 Å². The van der Waals surface area contributed by atoms with E-state index in [-0.39, 0.29) is 27.2 Å². The maximum absolute atomic E-state index is 14.2. The van der Waals surface area contributed by atoms with Crippen LogP contribution >= 0.6 is 34.8 Å². The van der Waals surface area contributed by atoms with Gasteiger partial charge in [-0.15, -0.1) is 0 Å². The maximum atomic E-state index is 14.2. The molecule has 0 unspecified atom stereocenters. The van der Waals surface area contributed by atoms with Gasteiger partial charge in [-0.1, -0.05) is 59.1 Å². The highest BCUT2D eigenvalue weighted by Gasteiger charge is 2.35. The lowest BCUT2D eigenvalue weighted by Gasteiger charge is -2.36. The van der Waals surface area contributed by atoms with Gasteiger partial charge in [-0.25, -0.2) is 13.2 Å². The zero-order valence-corrected chi connectivity index (χ0v) is 26.1. The molecule has 3 aromatic carbocycles. The first kappa shape index (κ1) is 29.7. The van der Waals surface area contributed by atoms with Crippen LogP contribution in [0.15, 0.2) is 59.5 Å². The Balaban J connectivity index is 1.38. The van der Waals surface area contributed by atoms with E-state index in [2.05, 4.69) is 15.1 Å². The lowest BCUT2D eigenvalue weighted by molar-refractivity contribution is 0.168. The summed E-state index contributed by atoms with van der Waals surface area (Å²) in [6, 6.07) is 15.0. The third kappa shape index (κ3) is 5.76. The summed E-state index contributed by atoms with van der Waals surface area (Å²) in [7, 11) is -3.91. The van der Waals surface area contributed by atoms with E-state index in [1.807, 2.05) is 18.2 Å². The van der Waals surface area contributed by atoms with E-state index in [9.17, 15) is 13.2 Å². The molecule has 0 spiro atoms. The standard InChI is InChI=1S/C30H32Cl3N5O3S/c31-25-7-2-1-6-22(25)23-18-21(42(40,41)37-16-14-36(15-17-37)13-12-35-10-3-4-11-35)19-28-24(23)20-34-30(39)38(28)29-26(32)8-5-9-27(29)33/h1-2,5-9,18-19H,3-4,10-17,20H2,(H,34,39). The second kappa shape index (κ2) is 12.3. The Morgan fingerprint density at radius 1 is 0.738 bits per heavy atom. The van der Waals surface area contributed by atoms with E-state index in [0.29, 0.717) is 53.6 Å². The highest BCUT2D eigenvalue weighted by atomic mass is 35.5. The van der Waals surface area contributed by atoms with Crippen molar-refractivity contribution in [3.05, 3.63) is 75.2 Å². The van der Waals surface area contributed by atoms with Crippen molar-refractivity contribution in [1.82, 2.24) is 19.4 Å². The van der Waals surface area contributed by atoms with Gasteiger partial charge in [-0.05, 0) is 61.8 Å². The summed E-state index contributed by atoms with van der Waals surface area (Å²) in [5.41, 5.74) is 2.68. The van der Waals surface area contributed by atoms with Gasteiger partial charge in [0, 0.05) is 62.0 Å². The summed E-state index contributed by atoms with van der Waals surface area (Å²) in [5.74, 6) is 0. The van der Waals surface area contributed by atoms with Crippen LogP contribution in [0.3, 0.4) is 0 Å². The van der Waals surface area contributed by atoms with E-state index in [0.717, 1.165) is 26.2 Å². The molecule has 3 aliphatic rings.